The van der Waals surface area contributed by atoms with Gasteiger partial charge in [-0.15, -0.1) is 0 Å². The summed E-state index contributed by atoms with van der Waals surface area (Å²) in [4.78, 5) is 0. The van der Waals surface area contributed by atoms with Gasteiger partial charge in [-0.05, 0) is 20.4 Å². The lowest BCUT2D eigenvalue weighted by Gasteiger charge is -2.25. The molecule has 0 aliphatic heterocycles. The first-order chi connectivity index (χ1) is 6.18. The van der Waals surface area contributed by atoms with Crippen molar-refractivity contribution >= 4 is 8.56 Å². The Bertz CT molecular complexity index is 133. The van der Waals surface area contributed by atoms with E-state index in [-0.39, 0.29) is 0 Å². The molecule has 78 valence electrons. The van der Waals surface area contributed by atoms with E-state index >= 15 is 0 Å². The monoisotopic (exact) mass is 204 g/mol. The van der Waals surface area contributed by atoms with Crippen molar-refractivity contribution in [2.75, 3.05) is 19.8 Å². The van der Waals surface area contributed by atoms with E-state index in [1.54, 1.807) is 0 Å². The topological polar surface area (TPSA) is 27.7 Å². The van der Waals surface area contributed by atoms with Gasteiger partial charge in [0, 0.05) is 19.3 Å². The van der Waals surface area contributed by atoms with E-state index in [2.05, 4.69) is 13.1 Å². The summed E-state index contributed by atoms with van der Waals surface area (Å²) in [6.07, 6.45) is 1.45. The third-order valence-corrected chi connectivity index (χ3v) is 4.60. The van der Waals surface area contributed by atoms with Gasteiger partial charge in [0.15, 0.2) is 0 Å². The Hall–Kier alpha value is -0.323. The van der Waals surface area contributed by atoms with Crippen molar-refractivity contribution < 1.29 is 13.6 Å². The highest BCUT2D eigenvalue weighted by molar-refractivity contribution is 6.66. The molecule has 0 aromatic heterocycles. The summed E-state index contributed by atoms with van der Waals surface area (Å²) in [5, 5.41) is 0. The Morgan fingerprint density at radius 2 is 1.77 bits per heavy atom. The van der Waals surface area contributed by atoms with Crippen molar-refractivity contribution in [3.05, 3.63) is 12.8 Å². The number of ether oxygens (including phenoxy) is 1. The van der Waals surface area contributed by atoms with E-state index in [4.69, 9.17) is 13.6 Å². The Morgan fingerprint density at radius 1 is 1.23 bits per heavy atom. The van der Waals surface area contributed by atoms with Crippen molar-refractivity contribution in [1.29, 1.82) is 0 Å². The van der Waals surface area contributed by atoms with Gasteiger partial charge in [0.05, 0.1) is 12.9 Å². The molecule has 0 amide bonds. The molecule has 13 heavy (non-hydrogen) atoms. The molecule has 0 atom stereocenters. The second-order valence-electron chi connectivity index (χ2n) is 2.79. The molecule has 0 fully saturated rings. The van der Waals surface area contributed by atoms with Gasteiger partial charge < -0.3 is 13.6 Å². The molecule has 0 spiro atoms. The van der Waals surface area contributed by atoms with Crippen LogP contribution >= 0.6 is 0 Å². The van der Waals surface area contributed by atoms with Gasteiger partial charge in [0.25, 0.3) is 0 Å². The highest BCUT2D eigenvalue weighted by atomic mass is 28.4. The maximum atomic E-state index is 5.62. The molecular formula is C9H20O3Si. The zero-order valence-corrected chi connectivity index (χ0v) is 9.84. The van der Waals surface area contributed by atoms with E-state index in [0.717, 1.165) is 6.04 Å². The first-order valence-corrected chi connectivity index (χ1v) is 7.21. The fraction of sp³-hybridized carbons (Fsp3) is 0.778. The normalized spacial score (nSPS) is 11.3. The largest absolute Gasteiger partial charge is 0.502 e. The van der Waals surface area contributed by atoms with Crippen molar-refractivity contribution in [1.82, 2.24) is 0 Å². The van der Waals surface area contributed by atoms with Crippen molar-refractivity contribution in [2.45, 2.75) is 26.4 Å². The molecule has 0 bridgehead atoms. The van der Waals surface area contributed by atoms with Crippen LogP contribution in [0.25, 0.3) is 0 Å². The number of hydrogen-bond acceptors (Lipinski definition) is 3. The standard InChI is InChI=1S/C9H20O3Si/c1-5-10-8-9-13(4,11-6-2)12-7-3/h5H,1,6-9H2,2-4H3. The second-order valence-corrected chi connectivity index (χ2v) is 6.13. The second kappa shape index (κ2) is 7.12. The summed E-state index contributed by atoms with van der Waals surface area (Å²) >= 11 is 0. The van der Waals surface area contributed by atoms with E-state index < -0.39 is 8.56 Å². The molecule has 0 aliphatic carbocycles. The van der Waals surface area contributed by atoms with Gasteiger partial charge in [0.2, 0.25) is 0 Å². The minimum atomic E-state index is -1.96. The van der Waals surface area contributed by atoms with Crippen LogP contribution in [-0.2, 0) is 13.6 Å². The van der Waals surface area contributed by atoms with E-state index in [1.165, 1.54) is 6.26 Å². The lowest BCUT2D eigenvalue weighted by molar-refractivity contribution is 0.175. The van der Waals surface area contributed by atoms with Gasteiger partial charge in [-0.2, -0.15) is 0 Å². The van der Waals surface area contributed by atoms with E-state index in [0.29, 0.717) is 19.8 Å². The molecule has 4 heteroatoms. The van der Waals surface area contributed by atoms with Crippen LogP contribution in [-0.4, -0.2) is 28.4 Å². The van der Waals surface area contributed by atoms with Crippen LogP contribution in [0.5, 0.6) is 0 Å². The maximum absolute atomic E-state index is 5.62. The summed E-state index contributed by atoms with van der Waals surface area (Å²) in [5.74, 6) is 0. The fourth-order valence-corrected chi connectivity index (χ4v) is 3.21. The van der Waals surface area contributed by atoms with Crippen molar-refractivity contribution in [3.63, 3.8) is 0 Å². The maximum Gasteiger partial charge on any atom is 0.338 e. The van der Waals surface area contributed by atoms with E-state index in [9.17, 15) is 0 Å². The SMILES string of the molecule is C=COCC[Si](C)(OCC)OCC. The summed E-state index contributed by atoms with van der Waals surface area (Å²) in [5.41, 5.74) is 0. The predicted octanol–water partition coefficient (Wildman–Crippen LogP) is 2.29. The van der Waals surface area contributed by atoms with Crippen LogP contribution < -0.4 is 0 Å². The molecule has 0 unspecified atom stereocenters. The summed E-state index contributed by atoms with van der Waals surface area (Å²) < 4.78 is 16.3. The Balaban J connectivity index is 3.83. The third-order valence-electron chi connectivity index (χ3n) is 1.69. The molecule has 0 radical (unpaired) electrons. The molecule has 0 aromatic carbocycles. The number of hydrogen-bond donors (Lipinski definition) is 0. The molecule has 0 saturated carbocycles. The lowest BCUT2D eigenvalue weighted by atomic mass is 10.8. The molecule has 0 heterocycles. The van der Waals surface area contributed by atoms with Crippen molar-refractivity contribution in [2.24, 2.45) is 0 Å². The molecule has 0 aromatic rings. The Kier molecular flexibility index (Phi) is 6.94. The lowest BCUT2D eigenvalue weighted by Crippen LogP contribution is -2.39. The van der Waals surface area contributed by atoms with Gasteiger partial charge in [-0.1, -0.05) is 6.58 Å². The quantitative estimate of drug-likeness (QED) is 0.345. The minimum Gasteiger partial charge on any atom is -0.502 e. The predicted molar refractivity (Wildman–Crippen MR) is 55.8 cm³/mol. The zero-order valence-electron chi connectivity index (χ0n) is 8.84. The third kappa shape index (κ3) is 5.85. The van der Waals surface area contributed by atoms with Crippen LogP contribution in [0.3, 0.4) is 0 Å². The fourth-order valence-electron chi connectivity index (χ4n) is 1.12. The molecule has 0 aliphatic rings. The smallest absolute Gasteiger partial charge is 0.338 e. The van der Waals surface area contributed by atoms with Crippen LogP contribution in [0.2, 0.25) is 12.6 Å². The summed E-state index contributed by atoms with van der Waals surface area (Å²) in [6, 6.07) is 0.848. The minimum absolute atomic E-state index is 0.631. The average Bonchev–Trinajstić information content (AvgIpc) is 2.05. The number of rotatable bonds is 8. The molecule has 3 nitrogen and oxygen atoms in total. The van der Waals surface area contributed by atoms with Gasteiger partial charge >= 0.3 is 8.56 Å². The molecule has 0 saturated heterocycles. The van der Waals surface area contributed by atoms with E-state index in [1.807, 2.05) is 13.8 Å². The van der Waals surface area contributed by atoms with Crippen LogP contribution in [0.15, 0.2) is 12.8 Å². The highest BCUT2D eigenvalue weighted by Crippen LogP contribution is 2.13. The summed E-state index contributed by atoms with van der Waals surface area (Å²) in [7, 11) is -1.96. The first kappa shape index (κ1) is 12.7. The van der Waals surface area contributed by atoms with Gasteiger partial charge in [-0.3, -0.25) is 0 Å². The van der Waals surface area contributed by atoms with Gasteiger partial charge in [-0.25, -0.2) is 0 Å². The van der Waals surface area contributed by atoms with Crippen molar-refractivity contribution in [3.8, 4) is 0 Å². The Labute approximate surface area is 81.9 Å². The Morgan fingerprint density at radius 3 is 2.15 bits per heavy atom. The molecule has 0 N–H and O–H groups in total. The van der Waals surface area contributed by atoms with Crippen LogP contribution in [0.4, 0.5) is 0 Å². The summed E-state index contributed by atoms with van der Waals surface area (Å²) in [6.45, 7) is 11.6. The highest BCUT2D eigenvalue weighted by Gasteiger charge is 2.30. The van der Waals surface area contributed by atoms with Crippen LogP contribution in [0, 0.1) is 0 Å². The zero-order chi connectivity index (χ0) is 10.2. The average molecular weight is 204 g/mol. The molecular weight excluding hydrogens is 184 g/mol. The van der Waals surface area contributed by atoms with Gasteiger partial charge in [0.1, 0.15) is 0 Å². The first-order valence-electron chi connectivity index (χ1n) is 4.69. The van der Waals surface area contributed by atoms with Crippen LogP contribution in [0.1, 0.15) is 13.8 Å². The molecule has 0 rings (SSSR count).